The zero-order valence-electron chi connectivity index (χ0n) is 12.7. The average molecular weight is 354 g/mol. The summed E-state index contributed by atoms with van der Waals surface area (Å²) in [6.45, 7) is 1.48. The highest BCUT2D eigenvalue weighted by atomic mass is 32.2. The van der Waals surface area contributed by atoms with Crippen molar-refractivity contribution in [3.63, 3.8) is 0 Å². The van der Waals surface area contributed by atoms with Crippen molar-refractivity contribution in [2.24, 2.45) is 0 Å². The number of nitrogens with zero attached hydrogens (tertiary/aromatic N) is 2. The molecule has 1 aromatic heterocycles. The van der Waals surface area contributed by atoms with Crippen LogP contribution in [-0.2, 0) is 10.0 Å². The van der Waals surface area contributed by atoms with E-state index in [1.807, 2.05) is 0 Å². The second-order valence-corrected chi connectivity index (χ2v) is 6.90. The number of para-hydroxylation sites is 1. The molecule has 24 heavy (non-hydrogen) atoms. The number of furan rings is 1. The van der Waals surface area contributed by atoms with E-state index in [1.165, 1.54) is 38.2 Å². The number of nitro groups is 1. The van der Waals surface area contributed by atoms with Crippen molar-refractivity contribution >= 4 is 21.7 Å². The van der Waals surface area contributed by atoms with Gasteiger partial charge in [-0.15, -0.1) is 0 Å². The van der Waals surface area contributed by atoms with Gasteiger partial charge < -0.3 is 9.52 Å². The number of rotatable bonds is 6. The molecule has 2 aromatic rings. The Hall–Kier alpha value is -2.72. The van der Waals surface area contributed by atoms with Crippen molar-refractivity contribution in [1.29, 1.82) is 0 Å². The molecular formula is C14H14N2O7S. The fourth-order valence-corrected chi connectivity index (χ4v) is 3.55. The molecule has 10 heteroatoms. The predicted molar refractivity (Wildman–Crippen MR) is 82.1 cm³/mol. The normalized spacial score (nSPS) is 13.0. The van der Waals surface area contributed by atoms with E-state index < -0.39 is 37.5 Å². The lowest BCUT2D eigenvalue weighted by Gasteiger charge is -2.22. The molecule has 0 spiro atoms. The van der Waals surface area contributed by atoms with Gasteiger partial charge in [0, 0.05) is 13.1 Å². The lowest BCUT2D eigenvalue weighted by atomic mass is 10.2. The lowest BCUT2D eigenvalue weighted by Crippen LogP contribution is -2.30. The number of benzene rings is 1. The van der Waals surface area contributed by atoms with Crippen LogP contribution >= 0.6 is 0 Å². The Morgan fingerprint density at radius 2 is 1.92 bits per heavy atom. The van der Waals surface area contributed by atoms with Crippen LogP contribution in [0.2, 0.25) is 0 Å². The standard InChI is InChI=1S/C14H14N2O7S/c1-9(11-7-8-12(23-11)14(17)18)15(2)24(21,22)13-6-4-3-5-10(13)16(19)20/h3-9H,1-2H3,(H,17,18). The van der Waals surface area contributed by atoms with Gasteiger partial charge in [0.25, 0.3) is 5.69 Å². The molecule has 0 fully saturated rings. The van der Waals surface area contributed by atoms with E-state index in [0.717, 1.165) is 16.4 Å². The maximum Gasteiger partial charge on any atom is 0.371 e. The first-order valence-electron chi connectivity index (χ1n) is 6.70. The molecule has 1 heterocycles. The van der Waals surface area contributed by atoms with Crippen LogP contribution < -0.4 is 0 Å². The van der Waals surface area contributed by atoms with Gasteiger partial charge in [-0.2, -0.15) is 4.31 Å². The lowest BCUT2D eigenvalue weighted by molar-refractivity contribution is -0.387. The van der Waals surface area contributed by atoms with E-state index in [4.69, 9.17) is 9.52 Å². The van der Waals surface area contributed by atoms with Crippen molar-refractivity contribution in [2.75, 3.05) is 7.05 Å². The zero-order chi connectivity index (χ0) is 18.1. The zero-order valence-corrected chi connectivity index (χ0v) is 13.6. The molecule has 128 valence electrons. The van der Waals surface area contributed by atoms with Gasteiger partial charge in [0.05, 0.1) is 11.0 Å². The Kier molecular flexibility index (Phi) is 4.71. The number of nitro benzene ring substituents is 1. The molecule has 2 rings (SSSR count). The maximum absolute atomic E-state index is 12.7. The van der Waals surface area contributed by atoms with Crippen LogP contribution in [0.1, 0.15) is 29.3 Å². The second kappa shape index (κ2) is 6.42. The van der Waals surface area contributed by atoms with Gasteiger partial charge in [-0.25, -0.2) is 13.2 Å². The van der Waals surface area contributed by atoms with E-state index in [2.05, 4.69) is 0 Å². The van der Waals surface area contributed by atoms with Crippen molar-refractivity contribution in [3.05, 3.63) is 58.0 Å². The third-order valence-electron chi connectivity index (χ3n) is 3.51. The molecule has 1 N–H and O–H groups in total. The summed E-state index contributed by atoms with van der Waals surface area (Å²) < 4.78 is 31.3. The summed E-state index contributed by atoms with van der Waals surface area (Å²) in [5.41, 5.74) is -0.540. The van der Waals surface area contributed by atoms with Crippen LogP contribution in [0.4, 0.5) is 5.69 Å². The predicted octanol–water partition coefficient (Wildman–Crippen LogP) is 2.27. The van der Waals surface area contributed by atoms with E-state index in [1.54, 1.807) is 0 Å². The first kappa shape index (κ1) is 17.6. The van der Waals surface area contributed by atoms with E-state index in [9.17, 15) is 23.3 Å². The summed E-state index contributed by atoms with van der Waals surface area (Å²) in [4.78, 5) is 20.7. The Labute approximate surface area is 137 Å². The van der Waals surface area contributed by atoms with Gasteiger partial charge in [0.1, 0.15) is 5.76 Å². The minimum atomic E-state index is -4.19. The highest BCUT2D eigenvalue weighted by Gasteiger charge is 2.33. The number of carbonyl (C=O) groups is 1. The molecule has 0 radical (unpaired) electrons. The molecule has 0 aliphatic rings. The highest BCUT2D eigenvalue weighted by molar-refractivity contribution is 7.89. The molecule has 0 aliphatic heterocycles. The maximum atomic E-state index is 12.7. The molecule has 9 nitrogen and oxygen atoms in total. The van der Waals surface area contributed by atoms with Crippen molar-refractivity contribution in [3.8, 4) is 0 Å². The minimum absolute atomic E-state index is 0.108. The van der Waals surface area contributed by atoms with Gasteiger partial charge in [0.15, 0.2) is 4.90 Å². The second-order valence-electron chi connectivity index (χ2n) is 4.93. The molecule has 0 amide bonds. The largest absolute Gasteiger partial charge is 0.475 e. The number of carboxylic acid groups (broad SMARTS) is 1. The number of aromatic carboxylic acids is 1. The SMILES string of the molecule is CC(c1ccc(C(=O)O)o1)N(C)S(=O)(=O)c1ccccc1[N+](=O)[O-]. The average Bonchev–Trinajstić information content (AvgIpc) is 3.03. The first-order valence-corrected chi connectivity index (χ1v) is 8.14. The minimum Gasteiger partial charge on any atom is -0.475 e. The molecule has 0 saturated heterocycles. The number of sulfonamides is 1. The molecule has 0 saturated carbocycles. The molecule has 1 atom stereocenters. The molecule has 1 aromatic carbocycles. The summed E-state index contributed by atoms with van der Waals surface area (Å²) in [5.74, 6) is -1.50. The van der Waals surface area contributed by atoms with E-state index in [0.29, 0.717) is 0 Å². The van der Waals surface area contributed by atoms with E-state index >= 15 is 0 Å². The van der Waals surface area contributed by atoms with Gasteiger partial charge in [-0.05, 0) is 25.1 Å². The Balaban J connectivity index is 2.41. The smallest absolute Gasteiger partial charge is 0.371 e. The van der Waals surface area contributed by atoms with Crippen LogP contribution in [0.5, 0.6) is 0 Å². The van der Waals surface area contributed by atoms with Crippen LogP contribution in [-0.4, -0.2) is 35.8 Å². The fraction of sp³-hybridized carbons (Fsp3) is 0.214. The highest BCUT2D eigenvalue weighted by Crippen LogP contribution is 2.31. The molecular weight excluding hydrogens is 340 g/mol. The van der Waals surface area contributed by atoms with Crippen LogP contribution in [0.3, 0.4) is 0 Å². The van der Waals surface area contributed by atoms with Crippen LogP contribution in [0.25, 0.3) is 0 Å². The fourth-order valence-electron chi connectivity index (χ4n) is 2.06. The number of carboxylic acids is 1. The van der Waals surface area contributed by atoms with Gasteiger partial charge in [-0.1, -0.05) is 12.1 Å². The molecule has 1 unspecified atom stereocenters. The Morgan fingerprint density at radius 1 is 1.29 bits per heavy atom. The summed E-state index contributed by atoms with van der Waals surface area (Å²) in [5, 5.41) is 19.9. The molecule has 0 bridgehead atoms. The summed E-state index contributed by atoms with van der Waals surface area (Å²) in [6.07, 6.45) is 0. The third kappa shape index (κ3) is 3.14. The van der Waals surface area contributed by atoms with Crippen LogP contribution in [0, 0.1) is 10.1 Å². The Morgan fingerprint density at radius 3 is 2.46 bits per heavy atom. The van der Waals surface area contributed by atoms with Crippen LogP contribution in [0.15, 0.2) is 45.7 Å². The summed E-state index contributed by atoms with van der Waals surface area (Å²) in [6, 6.07) is 6.68. The number of hydrogen-bond donors (Lipinski definition) is 1. The van der Waals surface area contributed by atoms with Gasteiger partial charge in [-0.3, -0.25) is 10.1 Å². The van der Waals surface area contributed by atoms with E-state index in [-0.39, 0.29) is 11.5 Å². The van der Waals surface area contributed by atoms with Crippen molar-refractivity contribution in [2.45, 2.75) is 17.9 Å². The Bertz CT molecular complexity index is 888. The van der Waals surface area contributed by atoms with Gasteiger partial charge in [0.2, 0.25) is 15.8 Å². The third-order valence-corrected chi connectivity index (χ3v) is 5.49. The number of hydrogen-bond acceptors (Lipinski definition) is 6. The van der Waals surface area contributed by atoms with Crippen molar-refractivity contribution in [1.82, 2.24) is 4.31 Å². The quantitative estimate of drug-likeness (QED) is 0.621. The van der Waals surface area contributed by atoms with Crippen molar-refractivity contribution < 1.29 is 27.7 Å². The summed E-state index contributed by atoms with van der Waals surface area (Å²) in [7, 11) is -2.95. The topological polar surface area (TPSA) is 131 Å². The monoisotopic (exact) mass is 354 g/mol. The summed E-state index contributed by atoms with van der Waals surface area (Å²) >= 11 is 0. The molecule has 0 aliphatic carbocycles. The van der Waals surface area contributed by atoms with Gasteiger partial charge >= 0.3 is 5.97 Å². The first-order chi connectivity index (χ1) is 11.2.